The van der Waals surface area contributed by atoms with Crippen LogP contribution < -0.4 is 0 Å². The molecule has 0 radical (unpaired) electrons. The van der Waals surface area contributed by atoms with Crippen molar-refractivity contribution in [2.75, 3.05) is 0 Å². The molecule has 4 atom stereocenters. The lowest BCUT2D eigenvalue weighted by Crippen LogP contribution is -2.62. The molecule has 0 amide bonds. The molecular formula is C24H20O4. The van der Waals surface area contributed by atoms with E-state index in [0.717, 1.165) is 33.0 Å². The summed E-state index contributed by atoms with van der Waals surface area (Å²) in [5, 5.41) is 22.4. The van der Waals surface area contributed by atoms with Crippen molar-refractivity contribution in [1.29, 1.82) is 0 Å². The van der Waals surface area contributed by atoms with Gasteiger partial charge in [-0.1, -0.05) is 74.5 Å². The summed E-state index contributed by atoms with van der Waals surface area (Å²) in [6.07, 6.45) is 0. The minimum atomic E-state index is -1.06. The molecule has 28 heavy (non-hydrogen) atoms. The van der Waals surface area contributed by atoms with Gasteiger partial charge < -0.3 is 10.2 Å². The van der Waals surface area contributed by atoms with Gasteiger partial charge in [0, 0.05) is 10.8 Å². The third-order valence-corrected chi connectivity index (χ3v) is 7.16. The van der Waals surface area contributed by atoms with Crippen LogP contribution in [-0.4, -0.2) is 22.2 Å². The van der Waals surface area contributed by atoms with Gasteiger partial charge in [-0.2, -0.15) is 0 Å². The number of aliphatic carboxylic acids is 2. The monoisotopic (exact) mass is 372 g/mol. The summed E-state index contributed by atoms with van der Waals surface area (Å²) in [7, 11) is 0. The van der Waals surface area contributed by atoms with Crippen LogP contribution in [0.5, 0.6) is 0 Å². The van der Waals surface area contributed by atoms with E-state index in [-0.39, 0.29) is 0 Å². The van der Waals surface area contributed by atoms with E-state index in [4.69, 9.17) is 0 Å². The Morgan fingerprint density at radius 3 is 1.89 bits per heavy atom. The van der Waals surface area contributed by atoms with E-state index in [9.17, 15) is 19.8 Å². The highest BCUT2D eigenvalue weighted by Gasteiger charge is 2.66. The molecule has 3 aliphatic carbocycles. The zero-order chi connectivity index (χ0) is 19.8. The Kier molecular flexibility index (Phi) is 3.17. The van der Waals surface area contributed by atoms with Crippen LogP contribution in [0.3, 0.4) is 0 Å². The van der Waals surface area contributed by atoms with Gasteiger partial charge in [0.2, 0.25) is 0 Å². The smallest absolute Gasteiger partial charge is 0.308 e. The molecule has 0 unspecified atom stereocenters. The van der Waals surface area contributed by atoms with Gasteiger partial charge in [-0.05, 0) is 33.0 Å². The molecule has 0 aromatic heterocycles. The van der Waals surface area contributed by atoms with Crippen LogP contribution in [0.2, 0.25) is 0 Å². The molecule has 3 aliphatic rings. The first-order chi connectivity index (χ1) is 13.3. The Bertz CT molecular complexity index is 1180. The lowest BCUT2D eigenvalue weighted by molar-refractivity contribution is -0.160. The maximum absolute atomic E-state index is 12.5. The first kappa shape index (κ1) is 17.0. The number of carboxylic acid groups (broad SMARTS) is 2. The Hall–Kier alpha value is -3.14. The molecule has 140 valence electrons. The number of hydrogen-bond acceptors (Lipinski definition) is 2. The minimum absolute atomic E-state index is 0.914. The molecule has 4 nitrogen and oxygen atoms in total. The van der Waals surface area contributed by atoms with E-state index in [1.54, 1.807) is 0 Å². The summed E-state index contributed by atoms with van der Waals surface area (Å²) in [6.45, 7) is 3.80. The van der Waals surface area contributed by atoms with Gasteiger partial charge in [0.25, 0.3) is 0 Å². The standard InChI is InChI=1S/C24H20O4/c1-23-15-9-5-6-10-16(15)24(2,20(22(27)28)19(23)21(25)26)18-14-8-4-3-7-13(14)11-12-17(18)23/h3-12,19-20H,1-2H3,(H,25,26)(H,27,28)/t19-,20+,23+,24-/m1/s1. The average Bonchev–Trinajstić information content (AvgIpc) is 2.68. The van der Waals surface area contributed by atoms with Crippen molar-refractivity contribution in [1.82, 2.24) is 0 Å². The largest absolute Gasteiger partial charge is 0.481 e. The number of fused-ring (bicyclic) bond motifs is 2. The molecule has 0 saturated carbocycles. The topological polar surface area (TPSA) is 74.6 Å². The maximum atomic E-state index is 12.5. The van der Waals surface area contributed by atoms with Gasteiger partial charge in [0.15, 0.2) is 0 Å². The highest BCUT2D eigenvalue weighted by atomic mass is 16.4. The molecule has 3 aromatic carbocycles. The van der Waals surface area contributed by atoms with Gasteiger partial charge in [-0.3, -0.25) is 9.59 Å². The predicted octanol–water partition coefficient (Wildman–Crippen LogP) is 4.18. The van der Waals surface area contributed by atoms with Crippen LogP contribution in [0.15, 0.2) is 60.7 Å². The number of rotatable bonds is 2. The van der Waals surface area contributed by atoms with E-state index in [1.165, 1.54) is 0 Å². The summed E-state index contributed by atoms with van der Waals surface area (Å²) in [4.78, 5) is 24.9. The molecule has 0 fully saturated rings. The van der Waals surface area contributed by atoms with Crippen molar-refractivity contribution in [3.63, 3.8) is 0 Å². The lowest BCUT2D eigenvalue weighted by Gasteiger charge is -2.59. The first-order valence-electron chi connectivity index (χ1n) is 9.41. The van der Waals surface area contributed by atoms with Crippen LogP contribution in [0, 0.1) is 11.8 Å². The minimum Gasteiger partial charge on any atom is -0.481 e. The molecule has 3 aromatic rings. The zero-order valence-electron chi connectivity index (χ0n) is 15.6. The molecule has 6 rings (SSSR count). The van der Waals surface area contributed by atoms with Crippen molar-refractivity contribution in [3.05, 3.63) is 82.9 Å². The SMILES string of the molecule is C[C@@]12c3ccccc3[C@@](C)(c3ccc4ccccc4c31)[C@@H](C(=O)O)[C@H]2C(=O)O. The summed E-state index contributed by atoms with van der Waals surface area (Å²) >= 11 is 0. The zero-order valence-corrected chi connectivity index (χ0v) is 15.6. The molecule has 2 N–H and O–H groups in total. The van der Waals surface area contributed by atoms with Crippen LogP contribution >= 0.6 is 0 Å². The van der Waals surface area contributed by atoms with Crippen molar-refractivity contribution >= 4 is 22.7 Å². The van der Waals surface area contributed by atoms with Crippen LogP contribution in [0.25, 0.3) is 10.8 Å². The summed E-state index contributed by atoms with van der Waals surface area (Å²) < 4.78 is 0. The average molecular weight is 372 g/mol. The van der Waals surface area contributed by atoms with Gasteiger partial charge in [-0.25, -0.2) is 0 Å². The Balaban J connectivity index is 2.04. The van der Waals surface area contributed by atoms with E-state index in [1.807, 2.05) is 74.5 Å². The van der Waals surface area contributed by atoms with Gasteiger partial charge >= 0.3 is 11.9 Å². The second-order valence-corrected chi connectivity index (χ2v) is 8.29. The highest BCUT2D eigenvalue weighted by molar-refractivity contribution is 5.96. The van der Waals surface area contributed by atoms with Crippen molar-refractivity contribution in [3.8, 4) is 0 Å². The molecular weight excluding hydrogens is 352 g/mol. The third kappa shape index (κ3) is 1.71. The van der Waals surface area contributed by atoms with Crippen molar-refractivity contribution in [2.45, 2.75) is 24.7 Å². The van der Waals surface area contributed by atoms with E-state index < -0.39 is 34.6 Å². The van der Waals surface area contributed by atoms with Crippen LogP contribution in [0.4, 0.5) is 0 Å². The molecule has 0 aliphatic heterocycles. The van der Waals surface area contributed by atoms with E-state index in [0.29, 0.717) is 0 Å². The molecule has 0 saturated heterocycles. The van der Waals surface area contributed by atoms with Gasteiger partial charge in [-0.15, -0.1) is 0 Å². The normalized spacial score (nSPS) is 29.9. The van der Waals surface area contributed by atoms with Gasteiger partial charge in [0.1, 0.15) is 0 Å². The fraction of sp³-hybridized carbons (Fsp3) is 0.250. The van der Waals surface area contributed by atoms with Crippen molar-refractivity contribution < 1.29 is 19.8 Å². The number of benzene rings is 3. The summed E-state index contributed by atoms with van der Waals surface area (Å²) in [6, 6.07) is 19.7. The van der Waals surface area contributed by atoms with E-state index in [2.05, 4.69) is 0 Å². The molecule has 4 heteroatoms. The highest BCUT2D eigenvalue weighted by Crippen LogP contribution is 2.65. The molecule has 2 bridgehead atoms. The summed E-state index contributed by atoms with van der Waals surface area (Å²) in [5.74, 6) is -4.22. The maximum Gasteiger partial charge on any atom is 0.308 e. The fourth-order valence-electron chi connectivity index (χ4n) is 6.04. The molecule has 0 spiro atoms. The second kappa shape index (κ2) is 5.22. The third-order valence-electron chi connectivity index (χ3n) is 7.16. The second-order valence-electron chi connectivity index (χ2n) is 8.29. The Morgan fingerprint density at radius 1 is 0.714 bits per heavy atom. The number of carboxylic acids is 2. The Morgan fingerprint density at radius 2 is 1.25 bits per heavy atom. The van der Waals surface area contributed by atoms with Crippen LogP contribution in [-0.2, 0) is 20.4 Å². The van der Waals surface area contributed by atoms with E-state index >= 15 is 0 Å². The number of carbonyl (C=O) groups is 2. The first-order valence-corrected chi connectivity index (χ1v) is 9.41. The van der Waals surface area contributed by atoms with Crippen molar-refractivity contribution in [2.24, 2.45) is 11.8 Å². The fourth-order valence-corrected chi connectivity index (χ4v) is 6.04. The predicted molar refractivity (Wildman–Crippen MR) is 106 cm³/mol. The quantitative estimate of drug-likeness (QED) is 0.708. The number of hydrogen-bond donors (Lipinski definition) is 2. The summed E-state index contributed by atoms with van der Waals surface area (Å²) in [5.41, 5.74) is 1.88. The van der Waals surface area contributed by atoms with Gasteiger partial charge in [0.05, 0.1) is 11.8 Å². The Labute approximate surface area is 162 Å². The lowest BCUT2D eigenvalue weighted by atomic mass is 9.41. The molecule has 0 heterocycles. The van der Waals surface area contributed by atoms with Crippen LogP contribution in [0.1, 0.15) is 36.1 Å².